The molecular weight excluding hydrogens is 296 g/mol. The van der Waals surface area contributed by atoms with Crippen LogP contribution in [-0.4, -0.2) is 18.7 Å². The van der Waals surface area contributed by atoms with Crippen molar-refractivity contribution in [3.63, 3.8) is 0 Å². The van der Waals surface area contributed by atoms with Gasteiger partial charge in [0.1, 0.15) is 11.3 Å². The second kappa shape index (κ2) is 6.86. The topological polar surface area (TPSA) is 65.7 Å². The number of hydrogen-bond donors (Lipinski definition) is 0. The number of carbonyl (C=O) groups excluding carboxylic acids is 1. The first-order chi connectivity index (χ1) is 10.9. The van der Waals surface area contributed by atoms with Crippen molar-refractivity contribution < 1.29 is 18.7 Å². The molecule has 1 heterocycles. The Morgan fingerprint density at radius 1 is 1.13 bits per heavy atom. The predicted octanol–water partition coefficient (Wildman–Crippen LogP) is 3.44. The van der Waals surface area contributed by atoms with Crippen molar-refractivity contribution in [3.8, 4) is 5.75 Å². The fourth-order valence-electron chi connectivity index (χ4n) is 2.44. The quantitative estimate of drug-likeness (QED) is 0.624. The maximum absolute atomic E-state index is 11.9. The molecule has 1 aromatic carbocycles. The van der Waals surface area contributed by atoms with Crippen molar-refractivity contribution >= 4 is 16.9 Å². The van der Waals surface area contributed by atoms with E-state index in [-0.39, 0.29) is 5.63 Å². The lowest BCUT2D eigenvalue weighted by Crippen LogP contribution is -2.29. The number of ether oxygens (including phenoxy) is 2. The Hall–Kier alpha value is -2.30. The van der Waals surface area contributed by atoms with Gasteiger partial charge in [0.25, 0.3) is 0 Å². The molecule has 124 valence electrons. The number of aryl methyl sites for hydroxylation is 2. The van der Waals surface area contributed by atoms with Crippen LogP contribution >= 0.6 is 0 Å². The zero-order valence-electron chi connectivity index (χ0n) is 14.2. The Labute approximate surface area is 135 Å². The largest absolute Gasteiger partial charge is 0.478 e. The molecule has 1 atom stereocenters. The van der Waals surface area contributed by atoms with E-state index in [1.54, 1.807) is 19.9 Å². The van der Waals surface area contributed by atoms with Gasteiger partial charge in [-0.1, -0.05) is 6.92 Å². The van der Waals surface area contributed by atoms with Crippen LogP contribution in [-0.2, 0) is 9.53 Å². The maximum Gasteiger partial charge on any atom is 0.347 e. The molecule has 2 rings (SSSR count). The Bertz CT molecular complexity index is 788. The Morgan fingerprint density at radius 2 is 1.83 bits per heavy atom. The summed E-state index contributed by atoms with van der Waals surface area (Å²) in [6.45, 7) is 9.36. The van der Waals surface area contributed by atoms with Gasteiger partial charge in [0.15, 0.2) is 6.10 Å². The van der Waals surface area contributed by atoms with Crippen LogP contribution in [0.3, 0.4) is 0 Å². The van der Waals surface area contributed by atoms with E-state index in [1.807, 2.05) is 26.8 Å². The highest BCUT2D eigenvalue weighted by molar-refractivity contribution is 5.85. The van der Waals surface area contributed by atoms with E-state index in [0.29, 0.717) is 35.5 Å². The molecule has 0 radical (unpaired) electrons. The van der Waals surface area contributed by atoms with Crippen molar-refractivity contribution in [2.45, 2.75) is 47.1 Å². The van der Waals surface area contributed by atoms with Gasteiger partial charge in [0.2, 0.25) is 0 Å². The van der Waals surface area contributed by atoms with E-state index in [2.05, 4.69) is 0 Å². The third-order valence-corrected chi connectivity index (χ3v) is 4.01. The smallest absolute Gasteiger partial charge is 0.347 e. The lowest BCUT2D eigenvalue weighted by atomic mass is 10.0. The summed E-state index contributed by atoms with van der Waals surface area (Å²) in [4.78, 5) is 23.8. The molecule has 23 heavy (non-hydrogen) atoms. The van der Waals surface area contributed by atoms with Crippen LogP contribution in [0.1, 0.15) is 37.0 Å². The second-order valence-electron chi connectivity index (χ2n) is 5.47. The van der Waals surface area contributed by atoms with E-state index in [9.17, 15) is 9.59 Å². The fraction of sp³-hybridized carbons (Fsp3) is 0.444. The summed E-state index contributed by atoms with van der Waals surface area (Å²) in [6, 6.07) is 3.65. The van der Waals surface area contributed by atoms with E-state index >= 15 is 0 Å². The molecule has 5 nitrogen and oxygen atoms in total. The van der Waals surface area contributed by atoms with Gasteiger partial charge in [0.05, 0.1) is 6.61 Å². The van der Waals surface area contributed by atoms with Gasteiger partial charge >= 0.3 is 11.6 Å². The van der Waals surface area contributed by atoms with E-state index in [1.165, 1.54) is 0 Å². The van der Waals surface area contributed by atoms with Gasteiger partial charge in [0, 0.05) is 16.5 Å². The average molecular weight is 318 g/mol. The highest BCUT2D eigenvalue weighted by Gasteiger charge is 2.21. The molecule has 0 N–H and O–H groups in total. The summed E-state index contributed by atoms with van der Waals surface area (Å²) < 4.78 is 16.2. The molecule has 0 aliphatic rings. The van der Waals surface area contributed by atoms with Gasteiger partial charge in [-0.25, -0.2) is 9.59 Å². The molecule has 0 fully saturated rings. The molecule has 0 aliphatic carbocycles. The molecule has 0 saturated heterocycles. The van der Waals surface area contributed by atoms with Gasteiger partial charge in [-0.15, -0.1) is 0 Å². The van der Waals surface area contributed by atoms with Crippen LogP contribution in [0.2, 0.25) is 0 Å². The lowest BCUT2D eigenvalue weighted by molar-refractivity contribution is -0.151. The molecular formula is C18H22O5. The Kier molecular flexibility index (Phi) is 5.08. The number of esters is 1. The number of hydrogen-bond acceptors (Lipinski definition) is 5. The molecule has 0 saturated carbocycles. The maximum atomic E-state index is 11.9. The van der Waals surface area contributed by atoms with Crippen molar-refractivity contribution in [1.29, 1.82) is 0 Å². The van der Waals surface area contributed by atoms with Crippen molar-refractivity contribution in [3.05, 3.63) is 39.2 Å². The van der Waals surface area contributed by atoms with Gasteiger partial charge in [-0.2, -0.15) is 0 Å². The minimum atomic E-state index is -0.677. The third-order valence-electron chi connectivity index (χ3n) is 4.01. The first-order valence-electron chi connectivity index (χ1n) is 7.77. The van der Waals surface area contributed by atoms with Crippen molar-refractivity contribution in [2.24, 2.45) is 0 Å². The van der Waals surface area contributed by atoms with E-state index in [4.69, 9.17) is 13.9 Å². The zero-order valence-corrected chi connectivity index (χ0v) is 14.2. The highest BCUT2D eigenvalue weighted by Crippen LogP contribution is 2.30. The predicted molar refractivity (Wildman–Crippen MR) is 88.0 cm³/mol. The molecule has 1 aromatic heterocycles. The van der Waals surface area contributed by atoms with Gasteiger partial charge < -0.3 is 13.9 Å². The van der Waals surface area contributed by atoms with Crippen molar-refractivity contribution in [2.75, 3.05) is 6.61 Å². The summed E-state index contributed by atoms with van der Waals surface area (Å²) in [5.74, 6) is 0.125. The van der Waals surface area contributed by atoms with Crippen LogP contribution in [0.4, 0.5) is 0 Å². The van der Waals surface area contributed by atoms with Gasteiger partial charge in [-0.05, 0) is 51.8 Å². The summed E-state index contributed by atoms with van der Waals surface area (Å²) in [5.41, 5.74) is 2.33. The van der Waals surface area contributed by atoms with E-state index < -0.39 is 12.1 Å². The molecule has 0 bridgehead atoms. The SMILES string of the molecule is CCOC(=O)[C@@H](CC)Oc1ccc2c(C)c(C)c(=O)oc2c1C. The standard InChI is InChI=1S/C18H22O5/c1-6-14(18(20)21-7-2)22-15-9-8-13-10(3)11(4)17(19)23-16(13)12(15)5/h8-9,14H,6-7H2,1-5H3/t14-/m1/s1. The molecule has 0 amide bonds. The minimum absolute atomic E-state index is 0.308. The number of benzene rings is 1. The highest BCUT2D eigenvalue weighted by atomic mass is 16.6. The minimum Gasteiger partial charge on any atom is -0.478 e. The Morgan fingerprint density at radius 3 is 2.43 bits per heavy atom. The molecule has 0 spiro atoms. The molecule has 0 aliphatic heterocycles. The average Bonchev–Trinajstić information content (AvgIpc) is 2.53. The van der Waals surface area contributed by atoms with Gasteiger partial charge in [-0.3, -0.25) is 0 Å². The Balaban J connectivity index is 2.47. The fourth-order valence-corrected chi connectivity index (χ4v) is 2.44. The van der Waals surface area contributed by atoms with Crippen LogP contribution in [0.5, 0.6) is 5.75 Å². The second-order valence-corrected chi connectivity index (χ2v) is 5.47. The lowest BCUT2D eigenvalue weighted by Gasteiger charge is -2.18. The molecule has 5 heteroatoms. The first-order valence-corrected chi connectivity index (χ1v) is 7.77. The van der Waals surface area contributed by atoms with E-state index in [0.717, 1.165) is 10.9 Å². The van der Waals surface area contributed by atoms with Crippen LogP contribution in [0.15, 0.2) is 21.3 Å². The summed E-state index contributed by atoms with van der Waals surface area (Å²) in [7, 11) is 0. The molecule has 0 unspecified atom stereocenters. The first kappa shape index (κ1) is 17.1. The number of fused-ring (bicyclic) bond motifs is 1. The molecule has 2 aromatic rings. The van der Waals surface area contributed by atoms with Crippen molar-refractivity contribution in [1.82, 2.24) is 0 Å². The van der Waals surface area contributed by atoms with Crippen LogP contribution < -0.4 is 10.4 Å². The number of carbonyl (C=O) groups is 1. The van der Waals surface area contributed by atoms with Crippen LogP contribution in [0, 0.1) is 20.8 Å². The summed E-state index contributed by atoms with van der Waals surface area (Å²) in [5, 5.41) is 0.871. The summed E-state index contributed by atoms with van der Waals surface area (Å²) in [6.07, 6.45) is -0.183. The van der Waals surface area contributed by atoms with Crippen LogP contribution in [0.25, 0.3) is 11.0 Å². The third kappa shape index (κ3) is 3.23. The number of rotatable bonds is 5. The normalized spacial score (nSPS) is 12.2. The summed E-state index contributed by atoms with van der Waals surface area (Å²) >= 11 is 0. The monoisotopic (exact) mass is 318 g/mol. The zero-order chi connectivity index (χ0) is 17.1.